The standard InChI is InChI=1S/C15H24N4O3/c1-4-6-7-19-12(16)11(13(20)17-15(19)22)18(5-2)14(21)10-8-9(10)3/h9-10H,4-8,16H2,1-3H3,(H,17,20,22). The van der Waals surface area contributed by atoms with E-state index in [0.717, 1.165) is 19.3 Å². The van der Waals surface area contributed by atoms with Crippen LogP contribution in [0.5, 0.6) is 0 Å². The van der Waals surface area contributed by atoms with E-state index in [1.807, 2.05) is 13.8 Å². The number of unbranched alkanes of at least 4 members (excludes halogenated alkanes) is 1. The van der Waals surface area contributed by atoms with Gasteiger partial charge in [0, 0.05) is 19.0 Å². The van der Waals surface area contributed by atoms with Crippen LogP contribution < -0.4 is 21.9 Å². The van der Waals surface area contributed by atoms with Crippen molar-refractivity contribution in [1.82, 2.24) is 9.55 Å². The average Bonchev–Trinajstić information content (AvgIpc) is 3.19. The number of anilines is 2. The number of nitrogens with two attached hydrogens (primary N) is 1. The van der Waals surface area contributed by atoms with E-state index in [1.165, 1.54) is 9.47 Å². The van der Waals surface area contributed by atoms with Crippen molar-refractivity contribution in [2.45, 2.75) is 46.6 Å². The number of rotatable bonds is 6. The Morgan fingerprint density at radius 2 is 2.05 bits per heavy atom. The lowest BCUT2D eigenvalue weighted by Gasteiger charge is -2.23. The Morgan fingerprint density at radius 1 is 1.41 bits per heavy atom. The first-order chi connectivity index (χ1) is 10.4. The van der Waals surface area contributed by atoms with Crippen LogP contribution >= 0.6 is 0 Å². The topological polar surface area (TPSA) is 101 Å². The molecule has 22 heavy (non-hydrogen) atoms. The van der Waals surface area contributed by atoms with Crippen LogP contribution in [0.1, 0.15) is 40.0 Å². The molecule has 1 saturated carbocycles. The molecule has 3 N–H and O–H groups in total. The molecule has 1 fully saturated rings. The zero-order valence-electron chi connectivity index (χ0n) is 13.4. The van der Waals surface area contributed by atoms with E-state index < -0.39 is 11.2 Å². The first kappa shape index (κ1) is 16.3. The van der Waals surface area contributed by atoms with Gasteiger partial charge in [-0.25, -0.2) is 4.79 Å². The Bertz CT molecular complexity index is 676. The minimum absolute atomic E-state index is 0.0465. The van der Waals surface area contributed by atoms with E-state index in [1.54, 1.807) is 6.92 Å². The average molecular weight is 308 g/mol. The molecule has 0 spiro atoms. The molecule has 7 heteroatoms. The molecule has 0 bridgehead atoms. The van der Waals surface area contributed by atoms with Crippen LogP contribution in [-0.4, -0.2) is 22.0 Å². The Labute approximate surface area is 129 Å². The van der Waals surface area contributed by atoms with Crippen molar-refractivity contribution >= 4 is 17.4 Å². The lowest BCUT2D eigenvalue weighted by atomic mass is 10.2. The number of amides is 1. The maximum atomic E-state index is 12.5. The van der Waals surface area contributed by atoms with E-state index in [-0.39, 0.29) is 23.3 Å². The molecule has 1 heterocycles. The van der Waals surface area contributed by atoms with Crippen LogP contribution in [0.3, 0.4) is 0 Å². The zero-order valence-corrected chi connectivity index (χ0v) is 13.4. The van der Waals surface area contributed by atoms with Gasteiger partial charge in [0.2, 0.25) is 5.91 Å². The van der Waals surface area contributed by atoms with Crippen LogP contribution in [0, 0.1) is 11.8 Å². The summed E-state index contributed by atoms with van der Waals surface area (Å²) in [6.07, 6.45) is 2.51. The van der Waals surface area contributed by atoms with Gasteiger partial charge in [-0.15, -0.1) is 0 Å². The number of aromatic amines is 1. The second-order valence-electron chi connectivity index (χ2n) is 5.90. The maximum absolute atomic E-state index is 12.5. The third-order valence-corrected chi connectivity index (χ3v) is 4.23. The summed E-state index contributed by atoms with van der Waals surface area (Å²) >= 11 is 0. The summed E-state index contributed by atoms with van der Waals surface area (Å²) in [6.45, 7) is 6.58. The molecule has 0 saturated heterocycles. The quantitative estimate of drug-likeness (QED) is 0.816. The largest absolute Gasteiger partial charge is 0.383 e. The van der Waals surface area contributed by atoms with Crippen molar-refractivity contribution in [1.29, 1.82) is 0 Å². The fourth-order valence-electron chi connectivity index (χ4n) is 2.67. The van der Waals surface area contributed by atoms with Crippen molar-refractivity contribution in [3.8, 4) is 0 Å². The number of nitrogens with one attached hydrogen (secondary N) is 1. The highest BCUT2D eigenvalue weighted by molar-refractivity contribution is 5.98. The summed E-state index contributed by atoms with van der Waals surface area (Å²) in [5.74, 6) is 0.279. The van der Waals surface area contributed by atoms with E-state index in [4.69, 9.17) is 5.73 Å². The third-order valence-electron chi connectivity index (χ3n) is 4.23. The highest BCUT2D eigenvalue weighted by Crippen LogP contribution is 2.40. The predicted octanol–water partition coefficient (Wildman–Crippen LogP) is 0.928. The van der Waals surface area contributed by atoms with E-state index in [0.29, 0.717) is 19.0 Å². The Balaban J connectivity index is 2.46. The third kappa shape index (κ3) is 2.93. The minimum atomic E-state index is -0.598. The molecule has 1 aliphatic rings. The summed E-state index contributed by atoms with van der Waals surface area (Å²) < 4.78 is 1.34. The summed E-state index contributed by atoms with van der Waals surface area (Å²) in [5, 5.41) is 0. The molecule has 7 nitrogen and oxygen atoms in total. The number of nitrogens with zero attached hydrogens (tertiary/aromatic N) is 2. The normalized spacial score (nSPS) is 20.0. The Kier molecular flexibility index (Phi) is 4.73. The number of H-pyrrole nitrogens is 1. The van der Waals surface area contributed by atoms with Gasteiger partial charge in [0.1, 0.15) is 5.82 Å². The number of hydrogen-bond acceptors (Lipinski definition) is 4. The second-order valence-corrected chi connectivity index (χ2v) is 5.90. The molecule has 2 atom stereocenters. The molecule has 0 radical (unpaired) electrons. The summed E-state index contributed by atoms with van der Waals surface area (Å²) in [7, 11) is 0. The van der Waals surface area contributed by atoms with Crippen molar-refractivity contribution in [3.63, 3.8) is 0 Å². The molecule has 122 valence electrons. The highest BCUT2D eigenvalue weighted by Gasteiger charge is 2.42. The SMILES string of the molecule is CCCCn1c(N)c(N(CC)C(=O)C2CC2C)c(=O)[nH]c1=O. The number of carbonyl (C=O) groups excluding carboxylic acids is 1. The van der Waals surface area contributed by atoms with E-state index in [9.17, 15) is 14.4 Å². The van der Waals surface area contributed by atoms with Gasteiger partial charge < -0.3 is 10.6 Å². The first-order valence-electron chi connectivity index (χ1n) is 7.86. The maximum Gasteiger partial charge on any atom is 0.330 e. The molecule has 1 amide bonds. The summed E-state index contributed by atoms with van der Waals surface area (Å²) in [5.41, 5.74) is 5.02. The van der Waals surface area contributed by atoms with Crippen LogP contribution in [0.4, 0.5) is 11.5 Å². The van der Waals surface area contributed by atoms with Crippen LogP contribution in [0.25, 0.3) is 0 Å². The molecule has 0 aliphatic heterocycles. The molecule has 0 aromatic carbocycles. The molecular formula is C15H24N4O3. The lowest BCUT2D eigenvalue weighted by molar-refractivity contribution is -0.120. The zero-order chi connectivity index (χ0) is 16.4. The predicted molar refractivity (Wildman–Crippen MR) is 85.9 cm³/mol. The smallest absolute Gasteiger partial charge is 0.330 e. The molecular weight excluding hydrogens is 284 g/mol. The van der Waals surface area contributed by atoms with Gasteiger partial charge in [0.05, 0.1) is 0 Å². The van der Waals surface area contributed by atoms with Crippen molar-refractivity contribution in [3.05, 3.63) is 20.8 Å². The lowest BCUT2D eigenvalue weighted by Crippen LogP contribution is -2.41. The van der Waals surface area contributed by atoms with Gasteiger partial charge in [-0.2, -0.15) is 0 Å². The first-order valence-corrected chi connectivity index (χ1v) is 7.86. The van der Waals surface area contributed by atoms with Gasteiger partial charge in [-0.05, 0) is 25.7 Å². The fourth-order valence-corrected chi connectivity index (χ4v) is 2.67. The molecule has 1 aromatic rings. The van der Waals surface area contributed by atoms with Crippen molar-refractivity contribution < 1.29 is 4.79 Å². The van der Waals surface area contributed by atoms with Gasteiger partial charge in [-0.1, -0.05) is 20.3 Å². The monoisotopic (exact) mass is 308 g/mol. The highest BCUT2D eigenvalue weighted by atomic mass is 16.2. The summed E-state index contributed by atoms with van der Waals surface area (Å²) in [6, 6.07) is 0. The van der Waals surface area contributed by atoms with Crippen LogP contribution in [0.2, 0.25) is 0 Å². The van der Waals surface area contributed by atoms with E-state index in [2.05, 4.69) is 4.98 Å². The van der Waals surface area contributed by atoms with Gasteiger partial charge in [0.15, 0.2) is 5.69 Å². The van der Waals surface area contributed by atoms with E-state index >= 15 is 0 Å². The van der Waals surface area contributed by atoms with Crippen molar-refractivity contribution in [2.24, 2.45) is 11.8 Å². The number of aromatic nitrogens is 2. The van der Waals surface area contributed by atoms with Crippen molar-refractivity contribution in [2.75, 3.05) is 17.2 Å². The summed E-state index contributed by atoms with van der Waals surface area (Å²) in [4.78, 5) is 40.3. The van der Waals surface area contributed by atoms with Crippen LogP contribution in [-0.2, 0) is 11.3 Å². The fraction of sp³-hybridized carbons (Fsp3) is 0.667. The number of hydrogen-bond donors (Lipinski definition) is 2. The molecule has 2 rings (SSSR count). The van der Waals surface area contributed by atoms with Gasteiger partial charge in [-0.3, -0.25) is 19.1 Å². The molecule has 1 aliphatic carbocycles. The Hall–Kier alpha value is -2.05. The van der Waals surface area contributed by atoms with Gasteiger partial charge >= 0.3 is 5.69 Å². The molecule has 1 aromatic heterocycles. The Morgan fingerprint density at radius 3 is 2.55 bits per heavy atom. The van der Waals surface area contributed by atoms with Gasteiger partial charge in [0.25, 0.3) is 5.56 Å². The van der Waals surface area contributed by atoms with Crippen LogP contribution in [0.15, 0.2) is 9.59 Å². The molecule has 2 unspecified atom stereocenters. The second kappa shape index (κ2) is 6.37. The minimum Gasteiger partial charge on any atom is -0.383 e. The number of carbonyl (C=O) groups is 1. The number of nitrogen functional groups attached to an aromatic ring is 1.